The van der Waals surface area contributed by atoms with Gasteiger partial charge in [0.25, 0.3) is 0 Å². The molecule has 0 aliphatic rings. The second-order valence-electron chi connectivity index (χ2n) is 9.69. The summed E-state index contributed by atoms with van der Waals surface area (Å²) in [6, 6.07) is 0. The van der Waals surface area contributed by atoms with Crippen molar-refractivity contribution in [2.45, 2.75) is 40.2 Å². The number of rotatable bonds is 21. The Balaban J connectivity index is 0.00000924. The molecule has 0 bridgehead atoms. The van der Waals surface area contributed by atoms with E-state index in [2.05, 4.69) is 9.97 Å². The average molecular weight is 1050 g/mol. The molecule has 0 amide bonds. The van der Waals surface area contributed by atoms with E-state index in [0.717, 1.165) is 0 Å². The molecule has 2 rings (SSSR count). The Morgan fingerprint density at radius 2 is 1.07 bits per heavy atom. The molecular weight excluding hydrogens is 1010 g/mol. The molecule has 14 nitrogen and oxygen atoms in total. The van der Waals surface area contributed by atoms with Gasteiger partial charge in [0.05, 0.1) is 64.1 Å². The Kier molecular flexibility index (Phi) is 23.5. The number of carbonyl (C=O) groups is 2. The van der Waals surface area contributed by atoms with Crippen LogP contribution in [0.3, 0.4) is 0 Å². The number of hydrogen-bond acceptors (Lipinski definition) is 12. The van der Waals surface area contributed by atoms with Gasteiger partial charge in [-0.1, -0.05) is 0 Å². The number of pyridine rings is 2. The van der Waals surface area contributed by atoms with Gasteiger partial charge in [-0.2, -0.15) is 0 Å². The molecule has 0 aliphatic carbocycles. The zero-order valence-corrected chi connectivity index (χ0v) is 35.3. The quantitative estimate of drug-likeness (QED) is 0.131. The summed E-state index contributed by atoms with van der Waals surface area (Å²) in [4.78, 5) is 35.1. The van der Waals surface area contributed by atoms with Crippen molar-refractivity contribution in [3.8, 4) is 11.5 Å². The van der Waals surface area contributed by atoms with Gasteiger partial charge in [-0.3, -0.25) is 29.4 Å². The molecule has 0 saturated heterocycles. The summed E-state index contributed by atoms with van der Waals surface area (Å²) >= 11 is 0. The van der Waals surface area contributed by atoms with Gasteiger partial charge in [-0.25, -0.2) is 0 Å². The first kappa shape index (κ1) is 43.5. The number of aryl methyl sites for hydroxylation is 2. The third kappa shape index (κ3) is 15.4. The predicted octanol–water partition coefficient (Wildman–Crippen LogP) is 1.30. The molecule has 0 aliphatic heterocycles. The van der Waals surface area contributed by atoms with Gasteiger partial charge >= 0.3 is 11.9 Å². The molecule has 2 aromatic rings. The normalized spacial score (nSPS) is 11.0. The number of carboxylic acids is 2. The van der Waals surface area contributed by atoms with E-state index >= 15 is 0 Å². The predicted molar refractivity (Wildman–Crippen MR) is 150 cm³/mol. The molecule has 44 heavy (non-hydrogen) atoms. The molecule has 4 N–H and O–H groups in total. The molecule has 2 radical (unpaired) electrons. The molecular formula is C28H42Ac2N4O10. The van der Waals surface area contributed by atoms with Crippen LogP contribution in [-0.4, -0.2) is 119 Å². The van der Waals surface area contributed by atoms with Crippen molar-refractivity contribution in [1.29, 1.82) is 0 Å². The van der Waals surface area contributed by atoms with E-state index in [9.17, 15) is 30.0 Å². The van der Waals surface area contributed by atoms with E-state index in [0.29, 0.717) is 60.1 Å². The molecule has 0 unspecified atom stereocenters. The van der Waals surface area contributed by atoms with E-state index in [1.165, 1.54) is 0 Å². The minimum absolute atomic E-state index is 0. The number of nitrogens with zero attached hydrogens (tertiary/aromatic N) is 4. The van der Waals surface area contributed by atoms with Crippen molar-refractivity contribution in [3.63, 3.8) is 0 Å². The number of ether oxygens (including phenoxy) is 4. The number of aromatic nitrogens is 2. The molecule has 240 valence electrons. The Morgan fingerprint density at radius 1 is 0.705 bits per heavy atom. The summed E-state index contributed by atoms with van der Waals surface area (Å²) in [5, 5.41) is 40.8. The first-order valence-corrected chi connectivity index (χ1v) is 13.4. The van der Waals surface area contributed by atoms with E-state index < -0.39 is 11.9 Å². The topological polar surface area (TPSA) is 184 Å². The van der Waals surface area contributed by atoms with Crippen molar-refractivity contribution >= 4 is 11.9 Å². The molecule has 2 aromatic heterocycles. The van der Waals surface area contributed by atoms with Crippen LogP contribution in [0.1, 0.15) is 33.6 Å². The summed E-state index contributed by atoms with van der Waals surface area (Å²) in [5.41, 5.74) is 2.92. The van der Waals surface area contributed by atoms with Crippen molar-refractivity contribution in [1.82, 2.24) is 19.8 Å². The average Bonchev–Trinajstić information content (AvgIpc) is 2.94. The number of aliphatic carboxylic acids is 2. The van der Waals surface area contributed by atoms with Gasteiger partial charge in [0.1, 0.15) is 11.5 Å². The summed E-state index contributed by atoms with van der Waals surface area (Å²) in [7, 11) is 3.11. The third-order valence-corrected chi connectivity index (χ3v) is 6.45. The molecule has 0 fully saturated rings. The van der Waals surface area contributed by atoms with Crippen molar-refractivity contribution < 1.29 is 137 Å². The fourth-order valence-electron chi connectivity index (χ4n) is 4.16. The Morgan fingerprint density at radius 3 is 1.39 bits per heavy atom. The molecule has 0 spiro atoms. The first-order chi connectivity index (χ1) is 20.1. The third-order valence-electron chi connectivity index (χ3n) is 6.45. The van der Waals surface area contributed by atoms with Gasteiger partial charge in [0.15, 0.2) is 0 Å². The maximum absolute atomic E-state index is 11.7. The van der Waals surface area contributed by atoms with E-state index in [1.807, 2.05) is 0 Å². The smallest absolute Gasteiger partial charge is 0.317 e. The number of hydrogen-bond donors (Lipinski definition) is 4. The van der Waals surface area contributed by atoms with Gasteiger partial charge in [0.2, 0.25) is 0 Å². The van der Waals surface area contributed by atoms with Crippen molar-refractivity contribution in [2.24, 2.45) is 0 Å². The molecule has 0 aromatic carbocycles. The van der Waals surface area contributed by atoms with Crippen LogP contribution in [0.5, 0.6) is 11.5 Å². The molecule has 16 heteroatoms. The van der Waals surface area contributed by atoms with Crippen molar-refractivity contribution in [2.75, 3.05) is 66.8 Å². The van der Waals surface area contributed by atoms with E-state index in [-0.39, 0.29) is 152 Å². The van der Waals surface area contributed by atoms with Gasteiger partial charge < -0.3 is 39.4 Å². The van der Waals surface area contributed by atoms with Crippen LogP contribution in [0.25, 0.3) is 0 Å². The summed E-state index contributed by atoms with van der Waals surface area (Å²) in [6.07, 6.45) is 3.16. The maximum Gasteiger partial charge on any atom is 0.317 e. The van der Waals surface area contributed by atoms with Gasteiger partial charge in [0, 0.05) is 163 Å². The van der Waals surface area contributed by atoms with Crippen LogP contribution < -0.4 is 0 Å². The fourth-order valence-corrected chi connectivity index (χ4v) is 4.16. The zero-order valence-electron chi connectivity index (χ0n) is 25.8. The summed E-state index contributed by atoms with van der Waals surface area (Å²) in [6.45, 7) is 4.70. The van der Waals surface area contributed by atoms with Crippen LogP contribution in [0.4, 0.5) is 0 Å². The van der Waals surface area contributed by atoms with E-state index in [1.54, 1.807) is 50.3 Å². The van der Waals surface area contributed by atoms with Crippen molar-refractivity contribution in [3.05, 3.63) is 46.0 Å². The Hall–Kier alpha value is -0.517. The Bertz CT molecular complexity index is 1090. The minimum Gasteiger partial charge on any atom is -0.506 e. The SMILES string of the molecule is COCCOCc1cnc(C)c(O)c1CN(CCN(CC(=O)O)Cc1c(COCCOC)cnc(C)c1O)CC(=O)O.[Ac].[Ac]. The van der Waals surface area contributed by atoms with Crippen LogP contribution in [-0.2, 0) is 54.8 Å². The molecule has 0 atom stereocenters. The minimum atomic E-state index is -1.08. The van der Waals surface area contributed by atoms with Crippen LogP contribution in [0, 0.1) is 102 Å². The number of carboxylic acid groups (broad SMARTS) is 2. The van der Waals surface area contributed by atoms with Crippen LogP contribution >= 0.6 is 0 Å². The number of aromatic hydroxyl groups is 2. The largest absolute Gasteiger partial charge is 0.506 e. The maximum atomic E-state index is 11.7. The zero-order chi connectivity index (χ0) is 31.1. The second kappa shape index (κ2) is 23.7. The van der Waals surface area contributed by atoms with Crippen LogP contribution in [0.2, 0.25) is 0 Å². The van der Waals surface area contributed by atoms with Gasteiger partial charge in [-0.05, 0) is 13.8 Å². The Labute approximate surface area is 329 Å². The second-order valence-corrected chi connectivity index (χ2v) is 9.69. The summed E-state index contributed by atoms with van der Waals surface area (Å²) < 4.78 is 21.2. The standard InChI is InChI=1S/C28H42N4O10.2Ac/c1-19-27(37)23(21(11-29-19)17-41-9-7-39-3)13-31(15-25(33)34)5-6-32(16-26(35)36)14-24-22(18-42-10-8-40-4)12-30-20(2)28(24)38;;/h11-12,37-38H,5-10,13-18H2,1-4H3,(H,33,34)(H,35,36);;. The van der Waals surface area contributed by atoms with Gasteiger partial charge in [-0.15, -0.1) is 0 Å². The van der Waals surface area contributed by atoms with Crippen LogP contribution in [0.15, 0.2) is 12.4 Å². The molecule has 2 heterocycles. The van der Waals surface area contributed by atoms with E-state index in [4.69, 9.17) is 18.9 Å². The monoisotopic (exact) mass is 1050 g/mol. The molecule has 0 saturated carbocycles. The summed E-state index contributed by atoms with van der Waals surface area (Å²) in [5.74, 6) is -2.28. The fraction of sp³-hybridized carbons (Fsp3) is 0.571. The number of methoxy groups -OCH3 is 2. The first-order valence-electron chi connectivity index (χ1n) is 13.4.